The third kappa shape index (κ3) is 1.97. The molecule has 0 unspecified atom stereocenters. The average molecular weight is 215 g/mol. The molecule has 0 N–H and O–H groups in total. The van der Waals surface area contributed by atoms with Crippen LogP contribution in [-0.4, -0.2) is 18.6 Å². The van der Waals surface area contributed by atoms with E-state index in [1.807, 2.05) is 41.2 Å². The number of ether oxygens (including phenoxy) is 1. The lowest BCUT2D eigenvalue weighted by atomic mass is 10.5. The summed E-state index contributed by atoms with van der Waals surface area (Å²) in [5.74, 6) is 0. The zero-order chi connectivity index (χ0) is 9.10. The first-order valence-corrected chi connectivity index (χ1v) is 4.01. The Kier molecular flexibility index (Phi) is 3.73. The third-order valence-electron chi connectivity index (χ3n) is 1.77. The Balaban J connectivity index is 0.000000980. The number of imidazole rings is 1. The van der Waals surface area contributed by atoms with Crippen LogP contribution < -0.4 is 21.6 Å². The quantitative estimate of drug-likeness (QED) is 0.410. The van der Waals surface area contributed by atoms with E-state index in [1.54, 1.807) is 11.8 Å². The molecule has 2 aromatic heterocycles. The first kappa shape index (κ1) is 10.8. The Morgan fingerprint density at radius 2 is 2.21 bits per heavy atom. The molecule has 0 saturated heterocycles. The van der Waals surface area contributed by atoms with Crippen molar-refractivity contribution >= 4 is 5.65 Å². The van der Waals surface area contributed by atoms with Gasteiger partial charge in [-0.25, -0.2) is 0 Å². The van der Waals surface area contributed by atoms with Gasteiger partial charge in [-0.1, -0.05) is 6.07 Å². The lowest BCUT2D eigenvalue weighted by molar-refractivity contribution is -0.511. The molecule has 0 amide bonds. The van der Waals surface area contributed by atoms with Gasteiger partial charge in [0.2, 0.25) is 6.79 Å². The van der Waals surface area contributed by atoms with Crippen molar-refractivity contribution < 1.29 is 26.4 Å². The molecule has 0 saturated carbocycles. The Bertz CT molecular complexity index is 402. The van der Waals surface area contributed by atoms with Crippen LogP contribution in [0.2, 0.25) is 0 Å². The van der Waals surface area contributed by atoms with Crippen LogP contribution >= 0.6 is 0 Å². The summed E-state index contributed by atoms with van der Waals surface area (Å²) in [6, 6.07) is 5.89. The van der Waals surface area contributed by atoms with E-state index in [0.29, 0.717) is 0 Å². The van der Waals surface area contributed by atoms with Crippen molar-refractivity contribution in [3.63, 3.8) is 0 Å². The van der Waals surface area contributed by atoms with Gasteiger partial charge in [-0.15, -0.1) is 0 Å². The smallest absolute Gasteiger partial charge is 0.325 e. The predicted molar refractivity (Wildman–Crippen MR) is 46.0 cm³/mol. The molecule has 14 heavy (non-hydrogen) atoms. The third-order valence-corrected chi connectivity index (χ3v) is 1.77. The second kappa shape index (κ2) is 4.83. The molecule has 0 aliphatic rings. The minimum Gasteiger partial charge on any atom is -1.00 e. The molecule has 76 valence electrons. The van der Waals surface area contributed by atoms with Crippen LogP contribution in [0.5, 0.6) is 0 Å². The fraction of sp³-hybridized carbons (Fsp3) is 0.222. The van der Waals surface area contributed by atoms with Gasteiger partial charge in [0.1, 0.15) is 6.20 Å². The van der Waals surface area contributed by atoms with Crippen molar-refractivity contribution in [3.05, 3.63) is 36.8 Å². The van der Waals surface area contributed by atoms with Crippen LogP contribution in [-0.2, 0) is 4.74 Å². The van der Waals surface area contributed by atoms with Gasteiger partial charge in [-0.2, -0.15) is 4.40 Å². The first-order valence-electron chi connectivity index (χ1n) is 4.01. The van der Waals surface area contributed by atoms with Crippen LogP contribution in [0.4, 0.5) is 0 Å². The highest BCUT2D eigenvalue weighted by Gasteiger charge is 2.08. The fourth-order valence-corrected chi connectivity index (χ4v) is 1.19. The number of nitrogens with zero attached hydrogens (tertiary/aromatic N) is 2. The van der Waals surface area contributed by atoms with Crippen LogP contribution in [0.15, 0.2) is 36.8 Å². The summed E-state index contributed by atoms with van der Waals surface area (Å²) in [7, 11) is 1.60. The largest absolute Gasteiger partial charge is 1.00 e. The van der Waals surface area contributed by atoms with Gasteiger partial charge in [-0.05, 0) is 10.8 Å². The van der Waals surface area contributed by atoms with E-state index in [-0.39, 0.29) is 19.2 Å². The average Bonchev–Trinajstić information content (AvgIpc) is 2.58. The zero-order valence-electron chi connectivity index (χ0n) is 7.76. The predicted octanol–water partition coefficient (Wildman–Crippen LogP) is -2.74. The summed E-state index contributed by atoms with van der Waals surface area (Å²) in [5, 5.41) is 0. The molecular weight excluding hydrogens is 204 g/mol. The summed E-state index contributed by atoms with van der Waals surface area (Å²) < 4.78 is 8.45. The maximum atomic E-state index is 5.28. The molecule has 4 nitrogen and oxygen atoms in total. The van der Waals surface area contributed by atoms with Crippen LogP contribution in [0.3, 0.4) is 0 Å². The lowest BCUT2D eigenvalue weighted by Crippen LogP contribution is -3.00. The Labute approximate surface area is 88.0 Å². The van der Waals surface area contributed by atoms with E-state index in [2.05, 4.69) is 0 Å². The van der Waals surface area contributed by atoms with E-state index in [4.69, 9.17) is 9.57 Å². The molecule has 0 aliphatic carbocycles. The van der Waals surface area contributed by atoms with Crippen molar-refractivity contribution in [1.82, 2.24) is 4.73 Å². The van der Waals surface area contributed by atoms with Gasteiger partial charge >= 0.3 is 5.65 Å². The van der Waals surface area contributed by atoms with Crippen molar-refractivity contribution in [3.8, 4) is 0 Å². The van der Waals surface area contributed by atoms with Crippen LogP contribution in [0.1, 0.15) is 0 Å². The molecule has 2 heterocycles. The maximum absolute atomic E-state index is 5.28. The van der Waals surface area contributed by atoms with E-state index in [1.165, 1.54) is 0 Å². The monoisotopic (exact) mass is 214 g/mol. The van der Waals surface area contributed by atoms with Gasteiger partial charge in [0.25, 0.3) is 0 Å². The second-order valence-corrected chi connectivity index (χ2v) is 2.63. The molecule has 5 heteroatoms. The minimum atomic E-state index is 0. The molecule has 0 radical (unpaired) electrons. The fourth-order valence-electron chi connectivity index (χ4n) is 1.19. The van der Waals surface area contributed by atoms with E-state index >= 15 is 0 Å². The molecule has 0 aliphatic heterocycles. The topological polar surface area (TPSA) is 27.5 Å². The van der Waals surface area contributed by atoms with Gasteiger partial charge in [0, 0.05) is 13.2 Å². The summed E-state index contributed by atoms with van der Waals surface area (Å²) >= 11 is 0. The summed E-state index contributed by atoms with van der Waals surface area (Å²) in [4.78, 5) is 5.28. The number of methoxy groups -OCH3 is 1. The number of rotatable bonds is 3. The highest BCUT2D eigenvalue weighted by molar-refractivity contribution is 5.28. The summed E-state index contributed by atoms with van der Waals surface area (Å²) in [6.07, 6.45) is 5.72. The molecule has 0 aromatic carbocycles. The van der Waals surface area contributed by atoms with Gasteiger partial charge in [0.05, 0.1) is 6.20 Å². The Morgan fingerprint density at radius 1 is 1.36 bits per heavy atom. The Morgan fingerprint density at radius 3 is 3.00 bits per heavy atom. The number of pyridine rings is 1. The minimum absolute atomic E-state index is 0. The normalized spacial score (nSPS) is 9.79. The molecule has 2 aromatic rings. The number of aromatic nitrogens is 2. The van der Waals surface area contributed by atoms with Gasteiger partial charge in [-0.3, -0.25) is 0 Å². The number of hydrogen-bond donors (Lipinski definition) is 0. The van der Waals surface area contributed by atoms with E-state index < -0.39 is 0 Å². The standard InChI is InChI=1S/C9H11N2O2.ClH/c1-12-8-13-11-7-6-10-5-3-2-4-9(10)11;/h2-7H,8H2,1H3;1H/q+1;/p-1. The second-order valence-electron chi connectivity index (χ2n) is 2.63. The van der Waals surface area contributed by atoms with E-state index in [9.17, 15) is 0 Å². The molecule has 0 bridgehead atoms. The molecular formula is C9H11ClN2O2. The maximum Gasteiger partial charge on any atom is 0.325 e. The van der Waals surface area contributed by atoms with Crippen molar-refractivity contribution in [2.75, 3.05) is 13.9 Å². The lowest BCUT2D eigenvalue weighted by Gasteiger charge is -1.97. The summed E-state index contributed by atoms with van der Waals surface area (Å²) in [6.45, 7) is 0.249. The van der Waals surface area contributed by atoms with Gasteiger partial charge < -0.3 is 22.0 Å². The molecule has 0 atom stereocenters. The van der Waals surface area contributed by atoms with Crippen molar-refractivity contribution in [1.29, 1.82) is 0 Å². The highest BCUT2D eigenvalue weighted by atomic mass is 35.5. The van der Waals surface area contributed by atoms with E-state index in [0.717, 1.165) is 5.65 Å². The number of hydrogen-bond acceptors (Lipinski definition) is 2. The van der Waals surface area contributed by atoms with Crippen LogP contribution in [0.25, 0.3) is 5.65 Å². The Hall–Kier alpha value is -1.26. The summed E-state index contributed by atoms with van der Waals surface area (Å²) in [5.41, 5.74) is 0.972. The molecule has 0 spiro atoms. The van der Waals surface area contributed by atoms with Gasteiger partial charge in [0.15, 0.2) is 6.20 Å². The number of fused-ring (bicyclic) bond motifs is 1. The van der Waals surface area contributed by atoms with Crippen molar-refractivity contribution in [2.24, 2.45) is 0 Å². The number of halogens is 1. The highest BCUT2D eigenvalue weighted by Crippen LogP contribution is 1.94. The van der Waals surface area contributed by atoms with Crippen molar-refractivity contribution in [2.45, 2.75) is 0 Å². The first-order chi connectivity index (χ1) is 6.42. The molecule has 2 rings (SSSR count). The SMILES string of the molecule is COCOn1cc[n+]2ccccc12.[Cl-]. The molecule has 0 fully saturated rings. The zero-order valence-corrected chi connectivity index (χ0v) is 8.52. The van der Waals surface area contributed by atoms with Crippen LogP contribution in [0, 0.1) is 0 Å².